The molecule has 0 unspecified atom stereocenters. The SMILES string of the molecule is COc1ccc([C@@H](C)N2CCNCC2)c(Cl)c1OC. The monoisotopic (exact) mass is 284 g/mol. The minimum Gasteiger partial charge on any atom is -0.493 e. The molecule has 0 aromatic heterocycles. The number of hydrogen-bond donors (Lipinski definition) is 1. The van der Waals surface area contributed by atoms with Crippen LogP contribution in [0.1, 0.15) is 18.5 Å². The highest BCUT2D eigenvalue weighted by Crippen LogP contribution is 2.40. The molecular formula is C14H21ClN2O2. The lowest BCUT2D eigenvalue weighted by atomic mass is 10.1. The molecule has 0 aliphatic carbocycles. The smallest absolute Gasteiger partial charge is 0.179 e. The fourth-order valence-electron chi connectivity index (χ4n) is 2.49. The van der Waals surface area contributed by atoms with E-state index in [9.17, 15) is 0 Å². The van der Waals surface area contributed by atoms with Gasteiger partial charge in [0.15, 0.2) is 11.5 Å². The van der Waals surface area contributed by atoms with Crippen molar-refractivity contribution in [2.75, 3.05) is 40.4 Å². The molecule has 1 aliphatic heterocycles. The van der Waals surface area contributed by atoms with Crippen molar-refractivity contribution in [1.82, 2.24) is 10.2 Å². The van der Waals surface area contributed by atoms with Crippen LogP contribution in [0.25, 0.3) is 0 Å². The predicted octanol–water partition coefficient (Wildman–Crippen LogP) is 2.32. The van der Waals surface area contributed by atoms with E-state index in [1.807, 2.05) is 12.1 Å². The van der Waals surface area contributed by atoms with Crippen LogP contribution in [0.3, 0.4) is 0 Å². The first-order valence-corrected chi connectivity index (χ1v) is 6.92. The van der Waals surface area contributed by atoms with Gasteiger partial charge in [-0.05, 0) is 18.6 Å². The maximum absolute atomic E-state index is 6.46. The number of ether oxygens (including phenoxy) is 2. The van der Waals surface area contributed by atoms with Crippen molar-refractivity contribution in [2.24, 2.45) is 0 Å². The Morgan fingerprint density at radius 3 is 2.47 bits per heavy atom. The lowest BCUT2D eigenvalue weighted by molar-refractivity contribution is 0.185. The van der Waals surface area contributed by atoms with E-state index in [-0.39, 0.29) is 6.04 Å². The van der Waals surface area contributed by atoms with Crippen LogP contribution in [0.5, 0.6) is 11.5 Å². The molecule has 1 aliphatic rings. The first-order chi connectivity index (χ1) is 9.19. The summed E-state index contributed by atoms with van der Waals surface area (Å²) in [4.78, 5) is 2.42. The van der Waals surface area contributed by atoms with Crippen LogP contribution >= 0.6 is 11.6 Å². The number of nitrogens with one attached hydrogen (secondary N) is 1. The second kappa shape index (κ2) is 6.46. The van der Waals surface area contributed by atoms with E-state index in [1.54, 1.807) is 14.2 Å². The van der Waals surface area contributed by atoms with E-state index < -0.39 is 0 Å². The molecule has 19 heavy (non-hydrogen) atoms. The summed E-state index contributed by atoms with van der Waals surface area (Å²) < 4.78 is 10.6. The van der Waals surface area contributed by atoms with E-state index in [1.165, 1.54) is 0 Å². The summed E-state index contributed by atoms with van der Waals surface area (Å²) in [5.74, 6) is 1.28. The zero-order valence-corrected chi connectivity index (χ0v) is 12.5. The third-order valence-corrected chi connectivity index (χ3v) is 4.05. The highest BCUT2D eigenvalue weighted by molar-refractivity contribution is 6.33. The van der Waals surface area contributed by atoms with Gasteiger partial charge in [0.05, 0.1) is 19.2 Å². The molecule has 5 heteroatoms. The Hall–Kier alpha value is -0.970. The number of benzene rings is 1. The molecule has 1 fully saturated rings. The molecule has 4 nitrogen and oxygen atoms in total. The fourth-order valence-corrected chi connectivity index (χ4v) is 2.88. The van der Waals surface area contributed by atoms with Gasteiger partial charge in [0.2, 0.25) is 0 Å². The van der Waals surface area contributed by atoms with Crippen LogP contribution in [-0.2, 0) is 0 Å². The van der Waals surface area contributed by atoms with Gasteiger partial charge in [-0.2, -0.15) is 0 Å². The van der Waals surface area contributed by atoms with Gasteiger partial charge in [-0.3, -0.25) is 4.90 Å². The summed E-state index contributed by atoms with van der Waals surface area (Å²) in [5, 5.41) is 4.00. The van der Waals surface area contributed by atoms with Crippen LogP contribution in [0.15, 0.2) is 12.1 Å². The summed E-state index contributed by atoms with van der Waals surface area (Å²) >= 11 is 6.46. The molecule has 1 aromatic carbocycles. The number of rotatable bonds is 4. The topological polar surface area (TPSA) is 33.7 Å². The molecule has 2 rings (SSSR count). The maximum Gasteiger partial charge on any atom is 0.179 e. The Bertz CT molecular complexity index is 434. The van der Waals surface area contributed by atoms with Crippen LogP contribution < -0.4 is 14.8 Å². The summed E-state index contributed by atoms with van der Waals surface area (Å²) in [6.45, 7) is 6.29. The first kappa shape index (κ1) is 14.4. The zero-order chi connectivity index (χ0) is 13.8. The third-order valence-electron chi connectivity index (χ3n) is 3.66. The molecule has 1 aromatic rings. The number of hydrogen-bond acceptors (Lipinski definition) is 4. The molecule has 106 valence electrons. The van der Waals surface area contributed by atoms with Crippen molar-refractivity contribution in [3.05, 3.63) is 22.7 Å². The van der Waals surface area contributed by atoms with Crippen molar-refractivity contribution in [3.63, 3.8) is 0 Å². The molecule has 1 N–H and O–H groups in total. The van der Waals surface area contributed by atoms with Crippen molar-refractivity contribution in [1.29, 1.82) is 0 Å². The highest BCUT2D eigenvalue weighted by atomic mass is 35.5. The largest absolute Gasteiger partial charge is 0.493 e. The molecule has 0 spiro atoms. The van der Waals surface area contributed by atoms with Gasteiger partial charge in [-0.25, -0.2) is 0 Å². The number of nitrogens with zero attached hydrogens (tertiary/aromatic N) is 1. The third kappa shape index (κ3) is 2.96. The van der Waals surface area contributed by atoms with Crippen molar-refractivity contribution < 1.29 is 9.47 Å². The Labute approximate surface area is 119 Å². The number of halogens is 1. The molecule has 0 bridgehead atoms. The average Bonchev–Trinajstić information content (AvgIpc) is 2.47. The molecule has 0 saturated carbocycles. The van der Waals surface area contributed by atoms with E-state index in [2.05, 4.69) is 17.1 Å². The minimum absolute atomic E-state index is 0.273. The first-order valence-electron chi connectivity index (χ1n) is 6.54. The summed E-state index contributed by atoms with van der Waals surface area (Å²) in [7, 11) is 3.23. The van der Waals surface area contributed by atoms with Crippen LogP contribution in [0.2, 0.25) is 5.02 Å². The molecule has 0 amide bonds. The number of piperazine rings is 1. The van der Waals surface area contributed by atoms with E-state index in [0.29, 0.717) is 16.5 Å². The van der Waals surface area contributed by atoms with E-state index in [0.717, 1.165) is 31.7 Å². The predicted molar refractivity (Wildman–Crippen MR) is 77.4 cm³/mol. The van der Waals surface area contributed by atoms with Gasteiger partial charge in [0.25, 0.3) is 0 Å². The highest BCUT2D eigenvalue weighted by Gasteiger charge is 2.23. The van der Waals surface area contributed by atoms with Gasteiger partial charge >= 0.3 is 0 Å². The molecule has 1 saturated heterocycles. The second-order valence-corrected chi connectivity index (χ2v) is 5.04. The van der Waals surface area contributed by atoms with E-state index >= 15 is 0 Å². The number of methoxy groups -OCH3 is 2. The van der Waals surface area contributed by atoms with Crippen molar-refractivity contribution in [2.45, 2.75) is 13.0 Å². The summed E-state index contributed by atoms with van der Waals surface area (Å²) in [6.07, 6.45) is 0. The Morgan fingerprint density at radius 2 is 1.89 bits per heavy atom. The van der Waals surface area contributed by atoms with Crippen LogP contribution in [-0.4, -0.2) is 45.3 Å². The van der Waals surface area contributed by atoms with Gasteiger partial charge in [-0.15, -0.1) is 0 Å². The van der Waals surface area contributed by atoms with Crippen molar-refractivity contribution >= 4 is 11.6 Å². The van der Waals surface area contributed by atoms with E-state index in [4.69, 9.17) is 21.1 Å². The molecule has 0 radical (unpaired) electrons. The Morgan fingerprint density at radius 1 is 1.21 bits per heavy atom. The van der Waals surface area contributed by atoms with Crippen LogP contribution in [0.4, 0.5) is 0 Å². The fraction of sp³-hybridized carbons (Fsp3) is 0.571. The average molecular weight is 285 g/mol. The van der Waals surface area contributed by atoms with Crippen molar-refractivity contribution in [3.8, 4) is 11.5 Å². The van der Waals surface area contributed by atoms with Gasteiger partial charge in [-0.1, -0.05) is 17.7 Å². The lowest BCUT2D eigenvalue weighted by Crippen LogP contribution is -2.44. The van der Waals surface area contributed by atoms with Crippen LogP contribution in [0, 0.1) is 0 Å². The normalized spacial score (nSPS) is 18.1. The lowest BCUT2D eigenvalue weighted by Gasteiger charge is -2.33. The molecule has 1 heterocycles. The quantitative estimate of drug-likeness (QED) is 0.920. The Balaban J connectivity index is 2.28. The van der Waals surface area contributed by atoms with Gasteiger partial charge in [0, 0.05) is 32.2 Å². The molecule has 1 atom stereocenters. The second-order valence-electron chi connectivity index (χ2n) is 4.67. The van der Waals surface area contributed by atoms with Gasteiger partial charge < -0.3 is 14.8 Å². The summed E-state index contributed by atoms with van der Waals surface area (Å²) in [6, 6.07) is 4.21. The Kier molecular flexibility index (Phi) is 4.91. The molecular weight excluding hydrogens is 264 g/mol. The minimum atomic E-state index is 0.273. The standard InChI is InChI=1S/C14H21ClN2O2/c1-10(17-8-6-16-7-9-17)11-4-5-12(18-2)14(19-3)13(11)15/h4-5,10,16H,6-9H2,1-3H3/t10-/m1/s1. The summed E-state index contributed by atoms with van der Waals surface area (Å²) in [5.41, 5.74) is 1.08. The maximum atomic E-state index is 6.46. The zero-order valence-electron chi connectivity index (χ0n) is 11.7. The van der Waals surface area contributed by atoms with Gasteiger partial charge in [0.1, 0.15) is 0 Å².